The Labute approximate surface area is 186 Å². The molecule has 186 valence electrons. The summed E-state index contributed by atoms with van der Waals surface area (Å²) < 4.78 is 33.9. The smallest absolute Gasteiger partial charge is 0.333 e. The van der Waals surface area contributed by atoms with Crippen molar-refractivity contribution in [2.24, 2.45) is 5.41 Å². The van der Waals surface area contributed by atoms with E-state index in [1.165, 1.54) is 21.3 Å². The fourth-order valence-corrected chi connectivity index (χ4v) is 1.77. The van der Waals surface area contributed by atoms with Gasteiger partial charge in [0.25, 0.3) is 0 Å². The minimum absolute atomic E-state index is 0.163. The number of ether oxygens (including phenoxy) is 7. The van der Waals surface area contributed by atoms with Gasteiger partial charge >= 0.3 is 11.9 Å². The maximum Gasteiger partial charge on any atom is 0.333 e. The van der Waals surface area contributed by atoms with Crippen LogP contribution in [0.25, 0.3) is 0 Å². The van der Waals surface area contributed by atoms with Gasteiger partial charge in [0.15, 0.2) is 0 Å². The molecular weight excluding hydrogens is 412 g/mol. The predicted molar refractivity (Wildman–Crippen MR) is 116 cm³/mol. The van der Waals surface area contributed by atoms with Gasteiger partial charge in [0, 0.05) is 48.2 Å². The molecule has 0 spiro atoms. The number of carbonyl (C=O) groups excluding carboxylic acids is 1. The van der Waals surface area contributed by atoms with Gasteiger partial charge in [-0.3, -0.25) is 4.79 Å². The molecule has 0 aliphatic carbocycles. The summed E-state index contributed by atoms with van der Waals surface area (Å²) in [5.74, 6) is -1.31. The van der Waals surface area contributed by atoms with Crippen LogP contribution >= 0.6 is 0 Å². The van der Waals surface area contributed by atoms with E-state index in [1.807, 2.05) is 6.92 Å². The van der Waals surface area contributed by atoms with Crippen LogP contribution in [0.15, 0.2) is 12.2 Å². The molecule has 1 N–H and O–H groups in total. The Morgan fingerprint density at radius 3 is 1.61 bits per heavy atom. The van der Waals surface area contributed by atoms with Crippen molar-refractivity contribution >= 4 is 11.9 Å². The van der Waals surface area contributed by atoms with Crippen LogP contribution in [-0.4, -0.2) is 105 Å². The number of methoxy groups -OCH3 is 6. The van der Waals surface area contributed by atoms with Crippen molar-refractivity contribution < 1.29 is 47.9 Å². The van der Waals surface area contributed by atoms with Gasteiger partial charge in [-0.1, -0.05) is 6.58 Å². The van der Waals surface area contributed by atoms with Crippen LogP contribution in [0.5, 0.6) is 0 Å². The summed E-state index contributed by atoms with van der Waals surface area (Å²) in [6, 6.07) is 0. The third-order valence-corrected chi connectivity index (χ3v) is 3.68. The molecule has 0 aliphatic heterocycles. The predicted octanol–water partition coefficient (Wildman–Crippen LogP) is 1.80. The first-order valence-corrected chi connectivity index (χ1v) is 9.56. The molecule has 10 heteroatoms. The van der Waals surface area contributed by atoms with Crippen LogP contribution in [0.2, 0.25) is 0 Å². The van der Waals surface area contributed by atoms with E-state index in [9.17, 15) is 9.59 Å². The molecule has 31 heavy (non-hydrogen) atoms. The number of esters is 1. The number of rotatable bonds is 14. The van der Waals surface area contributed by atoms with E-state index in [2.05, 4.69) is 6.58 Å². The lowest BCUT2D eigenvalue weighted by Crippen LogP contribution is -2.36. The van der Waals surface area contributed by atoms with Crippen molar-refractivity contribution in [3.63, 3.8) is 0 Å². The van der Waals surface area contributed by atoms with Gasteiger partial charge in [0.2, 0.25) is 0 Å². The molecule has 0 bridgehead atoms. The fraction of sp³-hybridized carbons (Fsp3) is 0.810. The molecule has 0 fully saturated rings. The minimum atomic E-state index is -0.927. The standard InChI is InChI=1S/C9H16O4.C7H14O4.C5H12O2/c1-7(2)9(10)13-6-8(12-4)5-11-3;1-7(4-10-2,5-11-3)6(8)9;1-5(7-3)4-6-2/h8H,1,5-6H2,2-4H3;4-5H2,1-3H3,(H,8,9);5H,4H2,1-3H3. The maximum absolute atomic E-state index is 10.9. The molecule has 0 heterocycles. The van der Waals surface area contributed by atoms with Gasteiger partial charge in [0.1, 0.15) is 18.1 Å². The lowest BCUT2D eigenvalue weighted by Gasteiger charge is -2.22. The highest BCUT2D eigenvalue weighted by molar-refractivity contribution is 5.86. The lowest BCUT2D eigenvalue weighted by atomic mass is 9.93. The van der Waals surface area contributed by atoms with Gasteiger partial charge in [0.05, 0.1) is 32.5 Å². The van der Waals surface area contributed by atoms with Crippen molar-refractivity contribution in [2.75, 3.05) is 75.7 Å². The summed E-state index contributed by atoms with van der Waals surface area (Å²) >= 11 is 0. The monoisotopic (exact) mass is 454 g/mol. The average molecular weight is 455 g/mol. The SMILES string of the molecule is C=C(C)C(=O)OCC(COC)OC.COCC(C)(COC)C(=O)O.COCC(C)OC. The van der Waals surface area contributed by atoms with E-state index in [4.69, 9.17) is 38.3 Å². The Kier molecular flexibility index (Phi) is 23.8. The van der Waals surface area contributed by atoms with Crippen LogP contribution in [-0.2, 0) is 42.7 Å². The summed E-state index contributed by atoms with van der Waals surface area (Å²) in [7, 11) is 9.37. The number of carbonyl (C=O) groups is 2. The van der Waals surface area contributed by atoms with E-state index in [1.54, 1.807) is 35.2 Å². The first-order chi connectivity index (χ1) is 14.5. The first kappa shape index (κ1) is 34.1. The van der Waals surface area contributed by atoms with E-state index >= 15 is 0 Å². The first-order valence-electron chi connectivity index (χ1n) is 9.56. The summed E-state index contributed by atoms with van der Waals surface area (Å²) in [5, 5.41) is 8.73. The number of hydrogen-bond acceptors (Lipinski definition) is 9. The van der Waals surface area contributed by atoms with Crippen LogP contribution in [0.3, 0.4) is 0 Å². The largest absolute Gasteiger partial charge is 0.481 e. The van der Waals surface area contributed by atoms with E-state index in [-0.39, 0.29) is 32.0 Å². The Morgan fingerprint density at radius 2 is 1.35 bits per heavy atom. The van der Waals surface area contributed by atoms with Gasteiger partial charge in [-0.2, -0.15) is 0 Å². The normalized spacial score (nSPS) is 12.4. The lowest BCUT2D eigenvalue weighted by molar-refractivity contribution is -0.154. The number of carboxylic acids is 1. The summed E-state index contributed by atoms with van der Waals surface area (Å²) in [6.45, 7) is 10.2. The Balaban J connectivity index is -0.000000397. The second-order valence-electron chi connectivity index (χ2n) is 6.93. The molecule has 0 aromatic carbocycles. The summed E-state index contributed by atoms with van der Waals surface area (Å²) in [6.07, 6.45) is 0.0123. The second-order valence-corrected chi connectivity index (χ2v) is 6.93. The Bertz CT molecular complexity index is 461. The molecule has 0 saturated heterocycles. The third kappa shape index (κ3) is 20.1. The van der Waals surface area contributed by atoms with E-state index in [0.29, 0.717) is 18.8 Å². The average Bonchev–Trinajstić information content (AvgIpc) is 2.72. The highest BCUT2D eigenvalue weighted by Crippen LogP contribution is 2.16. The molecule has 0 amide bonds. The molecule has 0 saturated carbocycles. The molecule has 2 unspecified atom stereocenters. The van der Waals surface area contributed by atoms with E-state index in [0.717, 1.165) is 0 Å². The molecule has 2 atom stereocenters. The van der Waals surface area contributed by atoms with Crippen LogP contribution < -0.4 is 0 Å². The van der Waals surface area contributed by atoms with Crippen LogP contribution in [0, 0.1) is 5.41 Å². The van der Waals surface area contributed by atoms with Crippen molar-refractivity contribution in [1.82, 2.24) is 0 Å². The zero-order chi connectivity index (χ0) is 24.9. The van der Waals surface area contributed by atoms with E-state index < -0.39 is 17.4 Å². The molecule has 0 aromatic rings. The van der Waals surface area contributed by atoms with Crippen molar-refractivity contribution in [2.45, 2.75) is 33.0 Å². The second kappa shape index (κ2) is 21.7. The maximum atomic E-state index is 10.9. The van der Waals surface area contributed by atoms with Gasteiger partial charge < -0.3 is 38.3 Å². The van der Waals surface area contributed by atoms with Crippen LogP contribution in [0.4, 0.5) is 0 Å². The van der Waals surface area contributed by atoms with Gasteiger partial charge in [-0.25, -0.2) is 4.79 Å². The highest BCUT2D eigenvalue weighted by atomic mass is 16.6. The topological polar surface area (TPSA) is 119 Å². The fourth-order valence-electron chi connectivity index (χ4n) is 1.77. The number of hydrogen-bond donors (Lipinski definition) is 1. The molecule has 0 radical (unpaired) electrons. The number of aliphatic carboxylic acids is 1. The zero-order valence-electron chi connectivity index (χ0n) is 20.5. The van der Waals surface area contributed by atoms with Gasteiger partial charge in [-0.15, -0.1) is 0 Å². The summed E-state index contributed by atoms with van der Waals surface area (Å²) in [4.78, 5) is 21.6. The number of carboxylic acid groups (broad SMARTS) is 1. The molecule has 0 aromatic heterocycles. The van der Waals surface area contributed by atoms with Crippen molar-refractivity contribution in [3.8, 4) is 0 Å². The van der Waals surface area contributed by atoms with Crippen molar-refractivity contribution in [3.05, 3.63) is 12.2 Å². The highest BCUT2D eigenvalue weighted by Gasteiger charge is 2.33. The third-order valence-electron chi connectivity index (χ3n) is 3.68. The molecule has 10 nitrogen and oxygen atoms in total. The Morgan fingerprint density at radius 1 is 0.871 bits per heavy atom. The quantitative estimate of drug-likeness (QED) is 0.307. The molecule has 0 aliphatic rings. The zero-order valence-corrected chi connectivity index (χ0v) is 20.5. The van der Waals surface area contributed by atoms with Gasteiger partial charge in [-0.05, 0) is 20.8 Å². The summed E-state index contributed by atoms with van der Waals surface area (Å²) in [5.41, 5.74) is -0.545. The van der Waals surface area contributed by atoms with Crippen LogP contribution in [0.1, 0.15) is 20.8 Å². The molecular formula is C21H42O10. The van der Waals surface area contributed by atoms with Crippen molar-refractivity contribution in [1.29, 1.82) is 0 Å². The molecule has 0 rings (SSSR count). The Hall–Kier alpha value is -1.56. The minimum Gasteiger partial charge on any atom is -0.481 e.